The maximum atomic E-state index is 11.8. The number of hydrogen-bond acceptors (Lipinski definition) is 4. The molecule has 5 heteroatoms. The Bertz CT molecular complexity index is 558. The summed E-state index contributed by atoms with van der Waals surface area (Å²) in [6, 6.07) is 5.25. The van der Waals surface area contributed by atoms with Crippen LogP contribution in [0.2, 0.25) is 0 Å². The molecule has 0 radical (unpaired) electrons. The molecule has 1 aliphatic rings. The minimum atomic E-state index is -0.558. The van der Waals surface area contributed by atoms with Crippen LogP contribution in [0.5, 0.6) is 5.75 Å². The van der Waals surface area contributed by atoms with Gasteiger partial charge in [0.05, 0.1) is 0 Å². The first-order chi connectivity index (χ1) is 10.8. The summed E-state index contributed by atoms with van der Waals surface area (Å²) >= 11 is 0. The Hall–Kier alpha value is -1.75. The lowest BCUT2D eigenvalue weighted by atomic mass is 9.69. The van der Waals surface area contributed by atoms with Gasteiger partial charge in [-0.2, -0.15) is 0 Å². The second kappa shape index (κ2) is 6.79. The third-order valence-corrected chi connectivity index (χ3v) is 4.42. The molecule has 1 fully saturated rings. The molecule has 1 aromatic carbocycles. The number of aromatic hydroxyl groups is 1. The number of carbonyl (C=O) groups is 1. The lowest BCUT2D eigenvalue weighted by molar-refractivity contribution is 0.0636. The molecule has 5 nitrogen and oxygen atoms in total. The van der Waals surface area contributed by atoms with Gasteiger partial charge in [0.2, 0.25) is 0 Å². The Balaban J connectivity index is 2.16. The van der Waals surface area contributed by atoms with E-state index in [0.29, 0.717) is 12.2 Å². The predicted octanol–water partition coefficient (Wildman–Crippen LogP) is 3.90. The zero-order valence-electron chi connectivity index (χ0n) is 14.3. The van der Waals surface area contributed by atoms with E-state index >= 15 is 0 Å². The van der Waals surface area contributed by atoms with Gasteiger partial charge in [0.1, 0.15) is 11.4 Å². The number of hydrogen-bond donors (Lipinski definition) is 3. The molecule has 0 atom stereocenters. The average molecular weight is 320 g/mol. The van der Waals surface area contributed by atoms with Gasteiger partial charge in [0.25, 0.3) is 0 Å². The zero-order valence-corrected chi connectivity index (χ0v) is 14.3. The van der Waals surface area contributed by atoms with Crippen molar-refractivity contribution in [2.75, 3.05) is 11.9 Å². The molecule has 0 bridgehead atoms. The smallest absolute Gasteiger partial charge is 0.412 e. The summed E-state index contributed by atoms with van der Waals surface area (Å²) in [6.45, 7) is 5.95. The maximum absolute atomic E-state index is 11.8. The number of amides is 1. The summed E-state index contributed by atoms with van der Waals surface area (Å²) in [6.07, 6.45) is 4.95. The normalized spacial score (nSPS) is 17.6. The Morgan fingerprint density at radius 2 is 1.96 bits per heavy atom. The van der Waals surface area contributed by atoms with Gasteiger partial charge < -0.3 is 15.6 Å². The topological polar surface area (TPSA) is 84.6 Å². The van der Waals surface area contributed by atoms with Gasteiger partial charge in [0.15, 0.2) is 0 Å². The van der Waals surface area contributed by atoms with Crippen molar-refractivity contribution in [1.29, 1.82) is 0 Å². The first-order valence-corrected chi connectivity index (χ1v) is 8.29. The van der Waals surface area contributed by atoms with E-state index in [9.17, 15) is 9.90 Å². The SMILES string of the molecule is CC(C)(C)OC(=O)Nc1ccc(C2(CN)CCCCC2)c(O)c1. The first kappa shape index (κ1) is 17.6. The van der Waals surface area contributed by atoms with Gasteiger partial charge in [-0.3, -0.25) is 5.32 Å². The van der Waals surface area contributed by atoms with Crippen LogP contribution >= 0.6 is 0 Å². The molecule has 23 heavy (non-hydrogen) atoms. The highest BCUT2D eigenvalue weighted by Crippen LogP contribution is 2.43. The van der Waals surface area contributed by atoms with Crippen LogP contribution in [0.1, 0.15) is 58.4 Å². The monoisotopic (exact) mass is 320 g/mol. The summed E-state index contributed by atoms with van der Waals surface area (Å²) in [5, 5.41) is 13.1. The number of phenols is 1. The summed E-state index contributed by atoms with van der Waals surface area (Å²) < 4.78 is 5.22. The largest absolute Gasteiger partial charge is 0.508 e. The van der Waals surface area contributed by atoms with E-state index in [1.807, 2.05) is 6.07 Å². The molecule has 1 aromatic rings. The third-order valence-electron chi connectivity index (χ3n) is 4.42. The molecule has 0 spiro atoms. The minimum Gasteiger partial charge on any atom is -0.508 e. The van der Waals surface area contributed by atoms with Gasteiger partial charge in [-0.1, -0.05) is 25.3 Å². The van der Waals surface area contributed by atoms with Crippen molar-refractivity contribution in [1.82, 2.24) is 0 Å². The van der Waals surface area contributed by atoms with Crippen molar-refractivity contribution in [2.45, 2.75) is 63.9 Å². The second-order valence-electron chi connectivity index (χ2n) is 7.40. The third kappa shape index (κ3) is 4.38. The van der Waals surface area contributed by atoms with E-state index in [1.165, 1.54) is 6.42 Å². The number of carbonyl (C=O) groups excluding carboxylic acids is 1. The number of anilines is 1. The zero-order chi connectivity index (χ0) is 17.1. The van der Waals surface area contributed by atoms with Crippen molar-refractivity contribution < 1.29 is 14.6 Å². The molecule has 1 amide bonds. The van der Waals surface area contributed by atoms with Crippen LogP contribution in [0.15, 0.2) is 18.2 Å². The van der Waals surface area contributed by atoms with Crippen molar-refractivity contribution in [2.24, 2.45) is 5.73 Å². The maximum Gasteiger partial charge on any atom is 0.412 e. The molecule has 2 rings (SSSR count). The van der Waals surface area contributed by atoms with E-state index < -0.39 is 11.7 Å². The van der Waals surface area contributed by atoms with Crippen LogP contribution < -0.4 is 11.1 Å². The summed E-state index contributed by atoms with van der Waals surface area (Å²) in [5.74, 6) is 0.186. The predicted molar refractivity (Wildman–Crippen MR) is 91.8 cm³/mol. The Morgan fingerprint density at radius 3 is 2.48 bits per heavy atom. The molecule has 0 aromatic heterocycles. The van der Waals surface area contributed by atoms with E-state index in [1.54, 1.807) is 32.9 Å². The molecule has 0 heterocycles. The number of nitrogens with one attached hydrogen (secondary N) is 1. The van der Waals surface area contributed by atoms with Crippen molar-refractivity contribution in [3.05, 3.63) is 23.8 Å². The van der Waals surface area contributed by atoms with Crippen LogP contribution in [0.25, 0.3) is 0 Å². The van der Waals surface area contributed by atoms with Gasteiger partial charge >= 0.3 is 6.09 Å². The molecule has 0 saturated heterocycles. The first-order valence-electron chi connectivity index (χ1n) is 8.29. The number of rotatable bonds is 3. The molecular weight excluding hydrogens is 292 g/mol. The van der Waals surface area contributed by atoms with Crippen LogP contribution in [0.4, 0.5) is 10.5 Å². The second-order valence-corrected chi connectivity index (χ2v) is 7.40. The molecule has 128 valence electrons. The van der Waals surface area contributed by atoms with Crippen LogP contribution in [-0.4, -0.2) is 23.3 Å². The molecule has 4 N–H and O–H groups in total. The summed E-state index contributed by atoms with van der Waals surface area (Å²) in [4.78, 5) is 11.8. The van der Waals surface area contributed by atoms with Crippen LogP contribution in [-0.2, 0) is 10.2 Å². The number of benzene rings is 1. The fourth-order valence-corrected chi connectivity index (χ4v) is 3.29. The van der Waals surface area contributed by atoms with E-state index in [2.05, 4.69) is 5.32 Å². The standard InChI is InChI=1S/C18H28N2O3/c1-17(2,3)23-16(22)20-13-7-8-14(15(21)11-13)18(12-19)9-5-4-6-10-18/h7-8,11,21H,4-6,9-10,12,19H2,1-3H3,(H,20,22). The fourth-order valence-electron chi connectivity index (χ4n) is 3.29. The molecule has 1 aliphatic carbocycles. The lowest BCUT2D eigenvalue weighted by Crippen LogP contribution is -2.37. The van der Waals surface area contributed by atoms with Gasteiger partial charge in [-0.05, 0) is 39.7 Å². The van der Waals surface area contributed by atoms with E-state index in [0.717, 1.165) is 31.2 Å². The lowest BCUT2D eigenvalue weighted by Gasteiger charge is -2.37. The highest BCUT2D eigenvalue weighted by atomic mass is 16.6. The molecule has 1 saturated carbocycles. The van der Waals surface area contributed by atoms with Gasteiger partial charge in [-0.15, -0.1) is 0 Å². The van der Waals surface area contributed by atoms with Crippen molar-refractivity contribution in [3.8, 4) is 5.75 Å². The van der Waals surface area contributed by atoms with Crippen molar-refractivity contribution in [3.63, 3.8) is 0 Å². The van der Waals surface area contributed by atoms with Gasteiger partial charge in [-0.25, -0.2) is 4.79 Å². The molecular formula is C18H28N2O3. The fraction of sp³-hybridized carbons (Fsp3) is 0.611. The number of ether oxygens (including phenoxy) is 1. The quantitative estimate of drug-likeness (QED) is 0.788. The number of nitrogens with two attached hydrogens (primary N) is 1. The Morgan fingerprint density at radius 1 is 1.30 bits per heavy atom. The average Bonchev–Trinajstić information content (AvgIpc) is 2.46. The van der Waals surface area contributed by atoms with Crippen LogP contribution in [0.3, 0.4) is 0 Å². The van der Waals surface area contributed by atoms with Crippen LogP contribution in [0, 0.1) is 0 Å². The van der Waals surface area contributed by atoms with E-state index in [4.69, 9.17) is 10.5 Å². The molecule has 0 unspecified atom stereocenters. The summed E-state index contributed by atoms with van der Waals surface area (Å²) in [5.41, 5.74) is 6.72. The minimum absolute atomic E-state index is 0.146. The van der Waals surface area contributed by atoms with Crippen molar-refractivity contribution >= 4 is 11.8 Å². The Labute approximate surface area is 138 Å². The molecule has 0 aliphatic heterocycles. The highest BCUT2D eigenvalue weighted by Gasteiger charge is 2.34. The van der Waals surface area contributed by atoms with Gasteiger partial charge in [0, 0.05) is 29.3 Å². The summed E-state index contributed by atoms with van der Waals surface area (Å²) in [7, 11) is 0. The number of phenolic OH excluding ortho intramolecular Hbond substituents is 1. The Kier molecular flexibility index (Phi) is 5.19. The highest BCUT2D eigenvalue weighted by molar-refractivity contribution is 5.85. The van der Waals surface area contributed by atoms with E-state index in [-0.39, 0.29) is 11.2 Å².